The maximum atomic E-state index is 11.3. The summed E-state index contributed by atoms with van der Waals surface area (Å²) in [4.78, 5) is 15.2. The van der Waals surface area contributed by atoms with Gasteiger partial charge in [-0.05, 0) is 18.9 Å². The van der Waals surface area contributed by atoms with Crippen molar-refractivity contribution in [3.05, 3.63) is 64.4 Å². The highest BCUT2D eigenvalue weighted by Crippen LogP contribution is 2.39. The summed E-state index contributed by atoms with van der Waals surface area (Å²) in [5, 5.41) is 22.4. The third-order valence-corrected chi connectivity index (χ3v) is 3.95. The van der Waals surface area contributed by atoms with E-state index in [4.69, 9.17) is 4.42 Å². The number of nitrogens with one attached hydrogen (secondary N) is 1. The van der Waals surface area contributed by atoms with E-state index in [1.165, 1.54) is 6.07 Å². The molecule has 2 aromatic heterocycles. The Morgan fingerprint density at radius 2 is 1.96 bits per heavy atom. The van der Waals surface area contributed by atoms with E-state index in [1.807, 2.05) is 18.2 Å². The maximum absolute atomic E-state index is 11.3. The van der Waals surface area contributed by atoms with Gasteiger partial charge in [0, 0.05) is 17.5 Å². The van der Waals surface area contributed by atoms with Gasteiger partial charge in [0.05, 0.1) is 11.5 Å². The smallest absolute Gasteiger partial charge is 0.295 e. The predicted molar refractivity (Wildman–Crippen MR) is 89.9 cm³/mol. The van der Waals surface area contributed by atoms with Gasteiger partial charge in [0.25, 0.3) is 5.69 Å². The molecular formula is C17H15N5O3. The number of hydrogen-bond acceptors (Lipinski definition) is 7. The van der Waals surface area contributed by atoms with Gasteiger partial charge < -0.3 is 9.73 Å². The lowest BCUT2D eigenvalue weighted by atomic mass is 10.1. The number of benzene rings is 1. The Kier molecular flexibility index (Phi) is 3.85. The van der Waals surface area contributed by atoms with Crippen molar-refractivity contribution in [2.75, 3.05) is 5.32 Å². The first kappa shape index (κ1) is 15.3. The molecule has 0 atom stereocenters. The Balaban J connectivity index is 1.56. The van der Waals surface area contributed by atoms with Crippen molar-refractivity contribution in [3.8, 4) is 11.3 Å². The molecule has 1 aromatic carbocycles. The average Bonchev–Trinajstić information content (AvgIpc) is 3.39. The molecule has 1 N–H and O–H groups in total. The number of hydrogen-bond donors (Lipinski definition) is 1. The van der Waals surface area contributed by atoms with Gasteiger partial charge in [0.15, 0.2) is 5.69 Å². The van der Waals surface area contributed by atoms with Crippen molar-refractivity contribution in [1.29, 1.82) is 0 Å². The fourth-order valence-electron chi connectivity index (χ4n) is 2.51. The van der Waals surface area contributed by atoms with Crippen LogP contribution in [0.3, 0.4) is 0 Å². The molecule has 1 saturated carbocycles. The monoisotopic (exact) mass is 337 g/mol. The molecule has 0 aliphatic heterocycles. The molecule has 8 nitrogen and oxygen atoms in total. The van der Waals surface area contributed by atoms with Crippen molar-refractivity contribution in [2.45, 2.75) is 25.3 Å². The van der Waals surface area contributed by atoms with Crippen LogP contribution in [-0.4, -0.2) is 20.1 Å². The van der Waals surface area contributed by atoms with Crippen molar-refractivity contribution in [1.82, 2.24) is 15.2 Å². The van der Waals surface area contributed by atoms with E-state index in [-0.39, 0.29) is 5.69 Å². The summed E-state index contributed by atoms with van der Waals surface area (Å²) in [6.07, 6.45) is 2.19. The molecule has 0 bridgehead atoms. The lowest BCUT2D eigenvalue weighted by Crippen LogP contribution is -2.04. The summed E-state index contributed by atoms with van der Waals surface area (Å²) in [5.41, 5.74) is 0.969. The number of rotatable bonds is 6. The first-order valence-corrected chi connectivity index (χ1v) is 7.98. The molecule has 1 fully saturated rings. The van der Waals surface area contributed by atoms with Gasteiger partial charge in [-0.1, -0.05) is 30.3 Å². The second-order valence-electron chi connectivity index (χ2n) is 5.85. The van der Waals surface area contributed by atoms with E-state index >= 15 is 0 Å². The zero-order valence-electron chi connectivity index (χ0n) is 13.3. The third kappa shape index (κ3) is 3.32. The molecule has 8 heteroatoms. The van der Waals surface area contributed by atoms with E-state index in [2.05, 4.69) is 20.5 Å². The SMILES string of the molecule is O=[N+]([O-])c1ccc(NCc2nnc(C3CC3)o2)nc1-c1ccccc1. The van der Waals surface area contributed by atoms with Crippen LogP contribution in [0.5, 0.6) is 0 Å². The zero-order valence-corrected chi connectivity index (χ0v) is 13.3. The van der Waals surface area contributed by atoms with Crippen molar-refractivity contribution >= 4 is 11.5 Å². The lowest BCUT2D eigenvalue weighted by Gasteiger charge is -2.07. The molecule has 126 valence electrons. The lowest BCUT2D eigenvalue weighted by molar-refractivity contribution is -0.384. The van der Waals surface area contributed by atoms with Gasteiger partial charge in [-0.2, -0.15) is 0 Å². The normalized spacial score (nSPS) is 13.6. The minimum Gasteiger partial charge on any atom is -0.423 e. The second kappa shape index (κ2) is 6.31. The molecule has 0 radical (unpaired) electrons. The largest absolute Gasteiger partial charge is 0.423 e. The second-order valence-corrected chi connectivity index (χ2v) is 5.85. The van der Waals surface area contributed by atoms with E-state index < -0.39 is 4.92 Å². The first-order chi connectivity index (χ1) is 12.2. The molecule has 0 amide bonds. The van der Waals surface area contributed by atoms with Crippen molar-refractivity contribution in [3.63, 3.8) is 0 Å². The standard InChI is InChI=1S/C17H15N5O3/c23-22(24)13-8-9-14(19-16(13)11-4-2-1-3-5-11)18-10-15-20-21-17(25-15)12-6-7-12/h1-5,8-9,12H,6-7,10H2,(H,18,19). The van der Waals surface area contributed by atoms with Crippen LogP contribution in [0.4, 0.5) is 11.5 Å². The average molecular weight is 337 g/mol. The van der Waals surface area contributed by atoms with Crippen molar-refractivity contribution in [2.24, 2.45) is 0 Å². The zero-order chi connectivity index (χ0) is 17.2. The van der Waals surface area contributed by atoms with E-state index in [0.717, 1.165) is 12.8 Å². The van der Waals surface area contributed by atoms with Crippen LogP contribution in [0.1, 0.15) is 30.5 Å². The molecular weight excluding hydrogens is 322 g/mol. The van der Waals surface area contributed by atoms with Crippen molar-refractivity contribution < 1.29 is 9.34 Å². The quantitative estimate of drug-likeness (QED) is 0.541. The Morgan fingerprint density at radius 1 is 1.16 bits per heavy atom. The number of aromatic nitrogens is 3. The van der Waals surface area contributed by atoms with E-state index in [0.29, 0.717) is 41.3 Å². The van der Waals surface area contributed by atoms with Gasteiger partial charge >= 0.3 is 0 Å². The van der Waals surface area contributed by atoms with E-state index in [1.54, 1.807) is 18.2 Å². The fourth-order valence-corrected chi connectivity index (χ4v) is 2.51. The van der Waals surface area contributed by atoms with Crippen LogP contribution in [0, 0.1) is 10.1 Å². The minimum atomic E-state index is -0.432. The third-order valence-electron chi connectivity index (χ3n) is 3.95. The van der Waals surface area contributed by atoms with Gasteiger partial charge in [0.2, 0.25) is 11.8 Å². The van der Waals surface area contributed by atoms with Crippen LogP contribution in [0.25, 0.3) is 11.3 Å². The summed E-state index contributed by atoms with van der Waals surface area (Å²) in [6, 6.07) is 12.1. The summed E-state index contributed by atoms with van der Waals surface area (Å²) < 4.78 is 5.59. The van der Waals surface area contributed by atoms with Crippen LogP contribution in [0.2, 0.25) is 0 Å². The summed E-state index contributed by atoms with van der Waals surface area (Å²) in [7, 11) is 0. The van der Waals surface area contributed by atoms with Crippen LogP contribution in [0.15, 0.2) is 46.9 Å². The Hall–Kier alpha value is -3.29. The summed E-state index contributed by atoms with van der Waals surface area (Å²) >= 11 is 0. The molecule has 0 saturated heterocycles. The maximum Gasteiger partial charge on any atom is 0.295 e. The number of nitro groups is 1. The van der Waals surface area contributed by atoms with Crippen LogP contribution >= 0.6 is 0 Å². The highest BCUT2D eigenvalue weighted by atomic mass is 16.6. The predicted octanol–water partition coefficient (Wildman–Crippen LogP) is 3.53. The van der Waals surface area contributed by atoms with Gasteiger partial charge in [-0.25, -0.2) is 4.98 Å². The van der Waals surface area contributed by atoms with Gasteiger partial charge in [-0.15, -0.1) is 10.2 Å². The van der Waals surface area contributed by atoms with Crippen LogP contribution in [-0.2, 0) is 6.54 Å². The van der Waals surface area contributed by atoms with Gasteiger partial charge in [-0.3, -0.25) is 10.1 Å². The first-order valence-electron chi connectivity index (χ1n) is 7.98. The minimum absolute atomic E-state index is 0.0365. The molecule has 0 spiro atoms. The molecule has 3 aromatic rings. The molecule has 4 rings (SSSR count). The number of pyridine rings is 1. The molecule has 2 heterocycles. The fraction of sp³-hybridized carbons (Fsp3) is 0.235. The van der Waals surface area contributed by atoms with Crippen LogP contribution < -0.4 is 5.32 Å². The number of nitrogens with zero attached hydrogens (tertiary/aromatic N) is 4. The molecule has 0 unspecified atom stereocenters. The van der Waals surface area contributed by atoms with E-state index in [9.17, 15) is 10.1 Å². The summed E-state index contributed by atoms with van der Waals surface area (Å²) in [6.45, 7) is 0.318. The number of anilines is 1. The molecule has 1 aliphatic rings. The summed E-state index contributed by atoms with van der Waals surface area (Å²) in [5.74, 6) is 2.07. The van der Waals surface area contributed by atoms with Gasteiger partial charge in [0.1, 0.15) is 5.82 Å². The molecule has 1 aliphatic carbocycles. The Morgan fingerprint density at radius 3 is 2.68 bits per heavy atom. The topological polar surface area (TPSA) is 107 Å². The Bertz CT molecular complexity index is 906. The highest BCUT2D eigenvalue weighted by molar-refractivity contribution is 5.71. The molecule has 25 heavy (non-hydrogen) atoms. The highest BCUT2D eigenvalue weighted by Gasteiger charge is 2.29. The Labute approximate surface area is 143 Å².